The Kier molecular flexibility index (Phi) is 6.91. The van der Waals surface area contributed by atoms with E-state index in [1.54, 1.807) is 13.8 Å². The Balaban J connectivity index is 1.73. The molecule has 0 spiro atoms. The number of nitrogens with one attached hydrogen (secondary N) is 1. The van der Waals surface area contributed by atoms with Gasteiger partial charge in [-0.1, -0.05) is 0 Å². The Morgan fingerprint density at radius 3 is 2.81 bits per heavy atom. The van der Waals surface area contributed by atoms with Crippen molar-refractivity contribution in [2.45, 2.75) is 57.3 Å². The molecule has 0 saturated carbocycles. The number of anilines is 1. The molecule has 2 aliphatic heterocycles. The molecular weight excluding hydrogens is 445 g/mol. The van der Waals surface area contributed by atoms with Crippen LogP contribution in [0.4, 0.5) is 14.6 Å². The predicted octanol–water partition coefficient (Wildman–Crippen LogP) is 0.347. The van der Waals surface area contributed by atoms with E-state index in [2.05, 4.69) is 10.1 Å². The second-order valence-electron chi connectivity index (χ2n) is 7.23. The van der Waals surface area contributed by atoms with Gasteiger partial charge in [-0.15, -0.1) is 9.61 Å². The summed E-state index contributed by atoms with van der Waals surface area (Å²) in [7, 11) is -3.89. The third-order valence-electron chi connectivity index (χ3n) is 4.41. The van der Waals surface area contributed by atoms with Gasteiger partial charge in [0.2, 0.25) is 6.23 Å². The summed E-state index contributed by atoms with van der Waals surface area (Å²) >= 11 is 0. The molecule has 3 rings (SSSR count). The number of aromatic nitrogens is 2. The first-order valence-corrected chi connectivity index (χ1v) is 10.9. The minimum Gasteiger partial charge on any atom is -0.462 e. The molecule has 2 saturated heterocycles. The van der Waals surface area contributed by atoms with Gasteiger partial charge in [-0.25, -0.2) is 4.79 Å². The number of hydrogen-bond donors (Lipinski definition) is 3. The van der Waals surface area contributed by atoms with Crippen molar-refractivity contribution in [3.05, 3.63) is 22.7 Å². The molecule has 2 aliphatic rings. The molecule has 31 heavy (non-hydrogen) atoms. The van der Waals surface area contributed by atoms with Crippen LogP contribution in [0.1, 0.15) is 27.0 Å². The predicted molar refractivity (Wildman–Crippen MR) is 102 cm³/mol. The van der Waals surface area contributed by atoms with Crippen molar-refractivity contribution in [3.8, 4) is 0 Å². The number of alkyl halides is 2. The Hall–Kier alpha value is -1.80. The fourth-order valence-corrected chi connectivity index (χ4v) is 4.38. The summed E-state index contributed by atoms with van der Waals surface area (Å²) in [5.41, 5.74) is 4.36. The number of hydrogen-bond acceptors (Lipinski definition) is 11. The molecule has 0 bridgehead atoms. The lowest BCUT2D eigenvalue weighted by Crippen LogP contribution is -2.46. The second kappa shape index (κ2) is 8.98. The van der Waals surface area contributed by atoms with Gasteiger partial charge in [-0.2, -0.15) is 23.2 Å². The van der Waals surface area contributed by atoms with Crippen LogP contribution in [0.2, 0.25) is 0 Å². The molecule has 1 unspecified atom stereocenters. The SMILES string of the molecule is CC(C)OC(=O)[C@H](C)N[P+]1(O)OCO[C@@H]2[C@@H](CO1)O[C@@H](n1ccc(N)nc1=O)C2(F)F. The molecule has 12 nitrogen and oxygen atoms in total. The highest BCUT2D eigenvalue weighted by Crippen LogP contribution is 2.56. The van der Waals surface area contributed by atoms with E-state index in [1.807, 2.05) is 0 Å². The van der Waals surface area contributed by atoms with Gasteiger partial charge < -0.3 is 19.9 Å². The molecule has 5 atom stereocenters. The number of ether oxygens (including phenoxy) is 3. The number of carbonyl (C=O) groups is 1. The Morgan fingerprint density at radius 2 is 2.16 bits per heavy atom. The van der Waals surface area contributed by atoms with E-state index in [1.165, 1.54) is 13.0 Å². The van der Waals surface area contributed by atoms with Gasteiger partial charge in [-0.05, 0) is 26.8 Å². The second-order valence-corrected chi connectivity index (χ2v) is 9.05. The van der Waals surface area contributed by atoms with Crippen LogP contribution in [-0.2, 0) is 28.1 Å². The van der Waals surface area contributed by atoms with Gasteiger partial charge in [0.25, 0.3) is 0 Å². The third kappa shape index (κ3) is 5.17. The molecule has 3 heterocycles. The number of fused-ring (bicyclic) bond motifs is 1. The van der Waals surface area contributed by atoms with Crippen LogP contribution >= 0.6 is 8.09 Å². The molecule has 1 aromatic heterocycles. The van der Waals surface area contributed by atoms with Crippen LogP contribution in [0.15, 0.2) is 17.1 Å². The monoisotopic (exact) mass is 469 g/mol. The first kappa shape index (κ1) is 23.9. The van der Waals surface area contributed by atoms with Gasteiger partial charge in [0.1, 0.15) is 24.6 Å². The number of nitrogens with two attached hydrogens (primary N) is 1. The van der Waals surface area contributed by atoms with Crippen molar-refractivity contribution in [3.63, 3.8) is 0 Å². The fraction of sp³-hybridized carbons (Fsp3) is 0.688. The topological polar surface area (TPSA) is 156 Å². The van der Waals surface area contributed by atoms with Crippen molar-refractivity contribution in [2.24, 2.45) is 0 Å². The van der Waals surface area contributed by atoms with Crippen molar-refractivity contribution in [1.29, 1.82) is 0 Å². The van der Waals surface area contributed by atoms with E-state index in [-0.39, 0.29) is 11.9 Å². The Labute approximate surface area is 176 Å². The highest BCUT2D eigenvalue weighted by atomic mass is 31.2. The Morgan fingerprint density at radius 1 is 1.45 bits per heavy atom. The average Bonchev–Trinajstić information content (AvgIpc) is 2.88. The minimum atomic E-state index is -3.89. The van der Waals surface area contributed by atoms with Crippen LogP contribution in [0.5, 0.6) is 0 Å². The number of rotatable bonds is 5. The first-order chi connectivity index (χ1) is 14.4. The molecule has 1 aromatic rings. The maximum Gasteiger partial charge on any atom is 0.502 e. The lowest BCUT2D eigenvalue weighted by Gasteiger charge is -2.27. The van der Waals surface area contributed by atoms with Gasteiger partial charge in [0.05, 0.1) is 6.10 Å². The van der Waals surface area contributed by atoms with E-state index in [9.17, 15) is 23.3 Å². The van der Waals surface area contributed by atoms with Gasteiger partial charge in [0, 0.05) is 6.20 Å². The van der Waals surface area contributed by atoms with Crippen molar-refractivity contribution in [2.75, 3.05) is 19.1 Å². The molecule has 174 valence electrons. The third-order valence-corrected chi connectivity index (χ3v) is 6.07. The molecular formula is C16H24F2N4O8P+. The minimum absolute atomic E-state index is 0.132. The van der Waals surface area contributed by atoms with Gasteiger partial charge in [-0.3, -0.25) is 9.36 Å². The van der Waals surface area contributed by atoms with Crippen LogP contribution in [0, 0.1) is 0 Å². The normalized spacial score (nSPS) is 31.5. The van der Waals surface area contributed by atoms with Crippen LogP contribution in [0.25, 0.3) is 0 Å². The lowest BCUT2D eigenvalue weighted by molar-refractivity contribution is -0.176. The van der Waals surface area contributed by atoms with E-state index >= 15 is 0 Å². The number of nitrogens with zero attached hydrogens (tertiary/aromatic N) is 2. The highest BCUT2D eigenvalue weighted by Gasteiger charge is 2.63. The number of halogens is 2. The first-order valence-electron chi connectivity index (χ1n) is 9.31. The largest absolute Gasteiger partial charge is 0.502 e. The van der Waals surface area contributed by atoms with Gasteiger partial charge in [0.15, 0.2) is 12.9 Å². The molecule has 0 radical (unpaired) electrons. The quantitative estimate of drug-likeness (QED) is 0.404. The smallest absolute Gasteiger partial charge is 0.462 e. The summed E-state index contributed by atoms with van der Waals surface area (Å²) in [5, 5.41) is 2.47. The molecule has 2 fully saturated rings. The standard InChI is InChI=1S/C16H23F2N4O8P/c1-8(2)29-13(23)9(3)21-31(25)27-6-10-12(26-7-28-31)16(17,18)14(30-10)22-5-4-11(19)20-15(22)24/h4-5,8-10,12,14,21,25H,6-7H2,1-3H3,(H-,19,20,24)/p+1/t9-,10+,12+,14+,31?/m0/s1. The van der Waals surface area contributed by atoms with Crippen LogP contribution < -0.4 is 16.5 Å². The molecule has 15 heteroatoms. The number of esters is 1. The summed E-state index contributed by atoms with van der Waals surface area (Å²) in [6.07, 6.45) is -4.58. The van der Waals surface area contributed by atoms with Crippen LogP contribution in [-0.4, -0.2) is 64.1 Å². The summed E-state index contributed by atoms with van der Waals surface area (Å²) < 4.78 is 56.4. The summed E-state index contributed by atoms with van der Waals surface area (Å²) in [5.74, 6) is -4.46. The van der Waals surface area contributed by atoms with E-state index in [0.29, 0.717) is 4.57 Å². The molecule has 0 aliphatic carbocycles. The maximum absolute atomic E-state index is 14.9. The highest BCUT2D eigenvalue weighted by molar-refractivity contribution is 7.58. The zero-order chi connectivity index (χ0) is 23.0. The molecule has 4 N–H and O–H groups in total. The lowest BCUT2D eigenvalue weighted by atomic mass is 10.1. The van der Waals surface area contributed by atoms with Crippen molar-refractivity contribution < 1.29 is 41.7 Å². The Bertz CT molecular complexity index is 874. The average molecular weight is 469 g/mol. The molecule has 0 amide bonds. The van der Waals surface area contributed by atoms with E-state index < -0.39 is 63.6 Å². The summed E-state index contributed by atoms with van der Waals surface area (Å²) in [4.78, 5) is 37.9. The van der Waals surface area contributed by atoms with Gasteiger partial charge >= 0.3 is 25.7 Å². The van der Waals surface area contributed by atoms with E-state index in [0.717, 1.165) is 6.20 Å². The summed E-state index contributed by atoms with van der Waals surface area (Å²) in [6, 6.07) is 0.155. The number of carbonyl (C=O) groups excluding carboxylic acids is 1. The summed E-state index contributed by atoms with van der Waals surface area (Å²) in [6.45, 7) is 3.36. The zero-order valence-corrected chi connectivity index (χ0v) is 17.8. The molecule has 0 aromatic carbocycles. The zero-order valence-electron chi connectivity index (χ0n) is 16.9. The van der Waals surface area contributed by atoms with Crippen LogP contribution in [0.3, 0.4) is 0 Å². The van der Waals surface area contributed by atoms with Crippen molar-refractivity contribution in [1.82, 2.24) is 14.6 Å². The number of nitrogen functional groups attached to an aromatic ring is 1. The van der Waals surface area contributed by atoms with Crippen molar-refractivity contribution >= 4 is 19.9 Å². The maximum atomic E-state index is 14.9. The fourth-order valence-electron chi connectivity index (χ4n) is 3.01. The van der Waals surface area contributed by atoms with E-state index in [4.69, 9.17) is 29.0 Å².